The van der Waals surface area contributed by atoms with Crippen LogP contribution < -0.4 is 10.1 Å². The van der Waals surface area contributed by atoms with Gasteiger partial charge in [-0.1, -0.05) is 7.43 Å². The van der Waals surface area contributed by atoms with Crippen LogP contribution in [-0.2, 0) is 0 Å². The number of nitriles is 1. The summed E-state index contributed by atoms with van der Waals surface area (Å²) in [6.45, 7) is 1.90. The molecule has 0 atom stereocenters. The second-order valence-corrected chi connectivity index (χ2v) is 5.98. The van der Waals surface area contributed by atoms with Crippen molar-refractivity contribution >= 4 is 17.4 Å². The highest BCUT2D eigenvalue weighted by molar-refractivity contribution is 6.03. The largest absolute Gasteiger partial charge is 0.436 e. The second kappa shape index (κ2) is 8.19. The summed E-state index contributed by atoms with van der Waals surface area (Å²) in [6, 6.07) is 15.4. The number of fused-ring (bicyclic) bond motifs is 1. The van der Waals surface area contributed by atoms with E-state index < -0.39 is 0 Å². The molecule has 8 nitrogen and oxygen atoms in total. The van der Waals surface area contributed by atoms with Gasteiger partial charge in [0.15, 0.2) is 11.5 Å². The highest BCUT2D eigenvalue weighted by atomic mass is 16.5. The molecule has 0 aliphatic rings. The smallest absolute Gasteiger partial charge is 0.256 e. The van der Waals surface area contributed by atoms with Crippen LogP contribution in [0.1, 0.15) is 29.0 Å². The lowest BCUT2D eigenvalue weighted by atomic mass is 10.1. The molecule has 0 saturated carbocycles. The van der Waals surface area contributed by atoms with Crippen molar-refractivity contribution in [3.63, 3.8) is 0 Å². The number of nitrogens with one attached hydrogen (secondary N) is 1. The van der Waals surface area contributed by atoms with Crippen molar-refractivity contribution in [1.82, 2.24) is 19.6 Å². The molecule has 0 fully saturated rings. The number of anilines is 1. The molecule has 1 amide bonds. The van der Waals surface area contributed by atoms with Gasteiger partial charge in [0.1, 0.15) is 5.75 Å². The van der Waals surface area contributed by atoms with E-state index in [1.807, 2.05) is 25.1 Å². The highest BCUT2D eigenvalue weighted by Crippen LogP contribution is 2.19. The Kier molecular flexibility index (Phi) is 5.51. The number of rotatable bonds is 4. The predicted molar refractivity (Wildman–Crippen MR) is 108 cm³/mol. The van der Waals surface area contributed by atoms with Gasteiger partial charge in [0.2, 0.25) is 5.88 Å². The lowest BCUT2D eigenvalue weighted by Gasteiger charge is -2.04. The van der Waals surface area contributed by atoms with Gasteiger partial charge in [-0.2, -0.15) is 5.26 Å². The van der Waals surface area contributed by atoms with E-state index in [9.17, 15) is 4.79 Å². The van der Waals surface area contributed by atoms with Gasteiger partial charge < -0.3 is 10.1 Å². The van der Waals surface area contributed by atoms with E-state index in [0.29, 0.717) is 34.2 Å². The first-order chi connectivity index (χ1) is 13.6. The Balaban J connectivity index is 0.00000240. The quantitative estimate of drug-likeness (QED) is 0.569. The van der Waals surface area contributed by atoms with E-state index in [4.69, 9.17) is 10.00 Å². The molecule has 3 aromatic heterocycles. The molecule has 4 rings (SSSR count). The van der Waals surface area contributed by atoms with Crippen LogP contribution in [0.2, 0.25) is 0 Å². The summed E-state index contributed by atoms with van der Waals surface area (Å²) in [5.74, 6) is 0.985. The van der Waals surface area contributed by atoms with Crippen molar-refractivity contribution in [1.29, 1.82) is 5.26 Å². The van der Waals surface area contributed by atoms with Gasteiger partial charge in [-0.15, -0.1) is 5.10 Å². The molecule has 4 aromatic rings. The summed E-state index contributed by atoms with van der Waals surface area (Å²) < 4.78 is 7.21. The molecular formula is C21H18N6O2. The minimum atomic E-state index is -0.324. The Morgan fingerprint density at radius 2 is 1.93 bits per heavy atom. The molecule has 0 spiro atoms. The molecule has 0 aliphatic carbocycles. The van der Waals surface area contributed by atoms with Gasteiger partial charge in [0.05, 0.1) is 24.0 Å². The summed E-state index contributed by atoms with van der Waals surface area (Å²) in [4.78, 5) is 20.8. The van der Waals surface area contributed by atoms with Gasteiger partial charge in [-0.3, -0.25) is 9.78 Å². The first-order valence-electron chi connectivity index (χ1n) is 8.39. The third kappa shape index (κ3) is 4.36. The molecule has 0 aliphatic heterocycles. The lowest BCUT2D eigenvalue weighted by molar-refractivity contribution is 0.102. The first kappa shape index (κ1) is 19.5. The van der Waals surface area contributed by atoms with Crippen LogP contribution in [0.4, 0.5) is 5.82 Å². The average molecular weight is 386 g/mol. The monoisotopic (exact) mass is 386 g/mol. The Morgan fingerprint density at radius 1 is 1.14 bits per heavy atom. The Labute approximate surface area is 167 Å². The predicted octanol–water partition coefficient (Wildman–Crippen LogP) is 3.99. The summed E-state index contributed by atoms with van der Waals surface area (Å²) in [5, 5.41) is 15.9. The van der Waals surface area contributed by atoms with Crippen molar-refractivity contribution in [3.8, 4) is 17.7 Å². The van der Waals surface area contributed by atoms with Crippen molar-refractivity contribution in [3.05, 3.63) is 77.7 Å². The number of aryl methyl sites for hydroxylation is 1. The normalized spacial score (nSPS) is 10.1. The number of carbonyl (C=O) groups excluding carboxylic acids is 1. The van der Waals surface area contributed by atoms with E-state index in [1.54, 1.807) is 48.8 Å². The fraction of sp³-hybridized carbons (Fsp3) is 0.0952. The van der Waals surface area contributed by atoms with Gasteiger partial charge in [-0.05, 0) is 49.4 Å². The van der Waals surface area contributed by atoms with Crippen molar-refractivity contribution in [2.24, 2.45) is 0 Å². The second-order valence-electron chi connectivity index (χ2n) is 5.98. The minimum Gasteiger partial charge on any atom is -0.436 e. The van der Waals surface area contributed by atoms with Crippen LogP contribution in [0.15, 0.2) is 60.9 Å². The molecule has 29 heavy (non-hydrogen) atoms. The molecule has 1 aromatic carbocycles. The van der Waals surface area contributed by atoms with E-state index in [0.717, 1.165) is 5.69 Å². The maximum atomic E-state index is 12.3. The van der Waals surface area contributed by atoms with Crippen LogP contribution in [0, 0.1) is 18.3 Å². The zero-order valence-corrected chi connectivity index (χ0v) is 14.8. The molecule has 0 unspecified atom stereocenters. The highest BCUT2D eigenvalue weighted by Gasteiger charge is 2.10. The summed E-state index contributed by atoms with van der Waals surface area (Å²) in [5.41, 5.74) is 2.38. The van der Waals surface area contributed by atoms with Gasteiger partial charge in [-0.25, -0.2) is 9.50 Å². The third-order valence-electron chi connectivity index (χ3n) is 3.92. The maximum Gasteiger partial charge on any atom is 0.256 e. The molecule has 0 saturated heterocycles. The Bertz CT molecular complexity index is 1190. The number of benzene rings is 1. The maximum absolute atomic E-state index is 12.3. The van der Waals surface area contributed by atoms with Gasteiger partial charge in [0.25, 0.3) is 5.91 Å². The van der Waals surface area contributed by atoms with Gasteiger partial charge >= 0.3 is 0 Å². The number of hydrogen-bond donors (Lipinski definition) is 1. The number of hydrogen-bond acceptors (Lipinski definition) is 6. The van der Waals surface area contributed by atoms with E-state index >= 15 is 0 Å². The fourth-order valence-corrected chi connectivity index (χ4v) is 2.50. The van der Waals surface area contributed by atoms with Gasteiger partial charge in [0, 0.05) is 17.3 Å². The first-order valence-corrected chi connectivity index (χ1v) is 8.39. The summed E-state index contributed by atoms with van der Waals surface area (Å²) in [6.07, 6.45) is 3.22. The van der Waals surface area contributed by atoms with Crippen LogP contribution in [0.3, 0.4) is 0 Å². The molecule has 1 N–H and O–H groups in total. The Hall–Kier alpha value is -4.25. The molecule has 144 valence electrons. The minimum absolute atomic E-state index is 0. The number of imidazole rings is 1. The molecule has 0 bridgehead atoms. The number of ether oxygens (including phenoxy) is 1. The van der Waals surface area contributed by atoms with Crippen molar-refractivity contribution in [2.75, 3.05) is 5.32 Å². The molecular weight excluding hydrogens is 368 g/mol. The average Bonchev–Trinajstić information content (AvgIpc) is 3.11. The zero-order chi connectivity index (χ0) is 19.5. The van der Waals surface area contributed by atoms with Crippen LogP contribution in [0.25, 0.3) is 5.65 Å². The molecule has 3 heterocycles. The number of nitrogens with zero attached hydrogens (tertiary/aromatic N) is 5. The van der Waals surface area contributed by atoms with Crippen LogP contribution in [0.5, 0.6) is 11.6 Å². The van der Waals surface area contributed by atoms with Crippen molar-refractivity contribution in [2.45, 2.75) is 14.4 Å². The lowest BCUT2D eigenvalue weighted by Crippen LogP contribution is -2.11. The van der Waals surface area contributed by atoms with Crippen LogP contribution in [-0.4, -0.2) is 25.5 Å². The fourth-order valence-electron chi connectivity index (χ4n) is 2.50. The zero-order valence-electron chi connectivity index (χ0n) is 14.8. The number of carbonyl (C=O) groups is 1. The van der Waals surface area contributed by atoms with E-state index in [2.05, 4.69) is 20.4 Å². The number of pyridine rings is 1. The SMILES string of the molecule is C.Cc1ccc(Oc2ccc3nc(NC(=O)c4ccc(C#N)cc4)cn3n2)cn1. The van der Waals surface area contributed by atoms with E-state index in [1.165, 1.54) is 4.52 Å². The topological polar surface area (TPSA) is 105 Å². The van der Waals surface area contributed by atoms with Crippen LogP contribution >= 0.6 is 0 Å². The molecule has 0 radical (unpaired) electrons. The summed E-state index contributed by atoms with van der Waals surface area (Å²) in [7, 11) is 0. The molecule has 8 heteroatoms. The summed E-state index contributed by atoms with van der Waals surface area (Å²) >= 11 is 0. The Morgan fingerprint density at radius 3 is 2.62 bits per heavy atom. The number of aromatic nitrogens is 4. The standard InChI is InChI=1S/C20H14N6O2.CH4/c1-13-2-7-16(11-22-13)28-19-9-8-18-23-17(12-26(18)25-19)24-20(27)15-5-3-14(10-21)4-6-15;/h2-9,11-12H,1H3,(H,24,27);1H4. The third-order valence-corrected chi connectivity index (χ3v) is 3.92. The van der Waals surface area contributed by atoms with E-state index in [-0.39, 0.29) is 13.3 Å². The number of amides is 1. The van der Waals surface area contributed by atoms with Crippen molar-refractivity contribution < 1.29 is 9.53 Å².